The van der Waals surface area contributed by atoms with Crippen LogP contribution in [-0.2, 0) is 19.1 Å². The molecule has 3 N–H and O–H groups in total. The van der Waals surface area contributed by atoms with Crippen LogP contribution in [0.25, 0.3) is 22.2 Å². The van der Waals surface area contributed by atoms with Gasteiger partial charge in [-0.1, -0.05) is 49.3 Å². The number of carbonyl (C=O) groups is 4. The summed E-state index contributed by atoms with van der Waals surface area (Å²) in [5.41, 5.74) is -1.48. The molecule has 3 aliphatic rings. The SMILES string of the molecule is COc1ccc(-c2nnn(C3C[C@H]4C(=O)N[C@@]5(C(=O)O)C[C@H]5/C=C\CCCCC[C@@H](NC(=O)OC(C)(C)C)C(=O)N4C3)n2)c2ccccc12. The van der Waals surface area contributed by atoms with Gasteiger partial charge in [0.25, 0.3) is 0 Å². The summed E-state index contributed by atoms with van der Waals surface area (Å²) in [5, 5.41) is 30.8. The first-order valence-corrected chi connectivity index (χ1v) is 16.8. The molecule has 49 heavy (non-hydrogen) atoms. The number of carboxylic acids is 1. The number of methoxy groups -OCH3 is 1. The highest BCUT2D eigenvalue weighted by Gasteiger charge is 2.61. The molecule has 1 aromatic heterocycles. The van der Waals surface area contributed by atoms with Gasteiger partial charge in [0.05, 0.1) is 13.2 Å². The molecule has 260 valence electrons. The number of carboxylic acid groups (broad SMARTS) is 1. The van der Waals surface area contributed by atoms with Crippen LogP contribution in [0.1, 0.15) is 71.8 Å². The van der Waals surface area contributed by atoms with Gasteiger partial charge >= 0.3 is 12.1 Å². The number of fused-ring (bicyclic) bond motifs is 3. The van der Waals surface area contributed by atoms with Crippen LogP contribution in [0.5, 0.6) is 5.75 Å². The number of tetrazole rings is 1. The van der Waals surface area contributed by atoms with Crippen molar-refractivity contribution >= 4 is 34.6 Å². The number of alkyl carbamates (subject to hydrolysis) is 1. The number of aliphatic carboxylic acids is 1. The van der Waals surface area contributed by atoms with E-state index in [0.29, 0.717) is 24.4 Å². The number of ether oxygens (including phenoxy) is 2. The lowest BCUT2D eigenvalue weighted by atomic mass is 10.0. The minimum absolute atomic E-state index is 0.0476. The van der Waals surface area contributed by atoms with E-state index in [1.165, 1.54) is 9.70 Å². The van der Waals surface area contributed by atoms with Crippen LogP contribution in [0, 0.1) is 5.92 Å². The second-order valence-electron chi connectivity index (χ2n) is 14.0. The van der Waals surface area contributed by atoms with E-state index < -0.39 is 53.1 Å². The van der Waals surface area contributed by atoms with Gasteiger partial charge in [-0.15, -0.1) is 10.2 Å². The largest absolute Gasteiger partial charge is 0.496 e. The number of aromatic nitrogens is 4. The Morgan fingerprint density at radius 2 is 1.86 bits per heavy atom. The zero-order valence-electron chi connectivity index (χ0n) is 28.2. The summed E-state index contributed by atoms with van der Waals surface area (Å²) in [6, 6.07) is 8.86. The van der Waals surface area contributed by atoms with Crippen molar-refractivity contribution in [3.8, 4) is 17.1 Å². The van der Waals surface area contributed by atoms with Crippen molar-refractivity contribution in [2.75, 3.05) is 13.7 Å². The number of hydrogen-bond acceptors (Lipinski definition) is 9. The predicted octanol–water partition coefficient (Wildman–Crippen LogP) is 4.02. The van der Waals surface area contributed by atoms with Gasteiger partial charge < -0.3 is 30.1 Å². The number of nitrogens with zero attached hydrogens (tertiary/aromatic N) is 5. The van der Waals surface area contributed by atoms with Crippen molar-refractivity contribution in [2.24, 2.45) is 5.92 Å². The highest BCUT2D eigenvalue weighted by Crippen LogP contribution is 2.45. The molecule has 0 bridgehead atoms. The Bertz CT molecular complexity index is 1780. The van der Waals surface area contributed by atoms with Crippen LogP contribution < -0.4 is 15.4 Å². The zero-order chi connectivity index (χ0) is 34.9. The number of nitrogens with one attached hydrogen (secondary N) is 2. The molecular weight excluding hydrogens is 630 g/mol. The summed E-state index contributed by atoms with van der Waals surface area (Å²) in [6.07, 6.45) is 6.85. The maximum Gasteiger partial charge on any atom is 0.408 e. The summed E-state index contributed by atoms with van der Waals surface area (Å²) >= 11 is 0. The van der Waals surface area contributed by atoms with E-state index in [1.54, 1.807) is 27.9 Å². The molecule has 6 rings (SSSR count). The van der Waals surface area contributed by atoms with Gasteiger partial charge in [0.1, 0.15) is 29.0 Å². The Kier molecular flexibility index (Phi) is 9.32. The normalized spacial score (nSPS) is 26.8. The third kappa shape index (κ3) is 7.08. The van der Waals surface area contributed by atoms with E-state index in [0.717, 1.165) is 35.6 Å². The molecule has 14 nitrogen and oxygen atoms in total. The van der Waals surface area contributed by atoms with Crippen LogP contribution >= 0.6 is 0 Å². The Morgan fingerprint density at radius 1 is 1.08 bits per heavy atom. The highest BCUT2D eigenvalue weighted by molar-refractivity contribution is 5.99. The molecule has 0 spiro atoms. The van der Waals surface area contributed by atoms with E-state index in [2.05, 4.69) is 26.0 Å². The van der Waals surface area contributed by atoms with Crippen molar-refractivity contribution in [1.29, 1.82) is 0 Å². The molecule has 2 aliphatic heterocycles. The van der Waals surface area contributed by atoms with Gasteiger partial charge in [-0.05, 0) is 69.2 Å². The number of rotatable bonds is 5. The molecule has 1 saturated heterocycles. The summed E-state index contributed by atoms with van der Waals surface area (Å²) < 4.78 is 11.0. The fourth-order valence-electron chi connectivity index (χ4n) is 6.83. The highest BCUT2D eigenvalue weighted by atomic mass is 16.6. The predicted molar refractivity (Wildman–Crippen MR) is 178 cm³/mol. The maximum absolute atomic E-state index is 14.3. The minimum Gasteiger partial charge on any atom is -0.496 e. The third-order valence-corrected chi connectivity index (χ3v) is 9.43. The number of allylic oxidation sites excluding steroid dienone is 1. The van der Waals surface area contributed by atoms with Gasteiger partial charge in [-0.25, -0.2) is 9.59 Å². The first kappa shape index (κ1) is 33.9. The number of hydrogen-bond donors (Lipinski definition) is 3. The van der Waals surface area contributed by atoms with E-state index in [9.17, 15) is 24.3 Å². The minimum atomic E-state index is -1.44. The van der Waals surface area contributed by atoms with Crippen molar-refractivity contribution in [2.45, 2.75) is 95.0 Å². The molecule has 1 saturated carbocycles. The topological polar surface area (TPSA) is 178 Å². The van der Waals surface area contributed by atoms with Crippen LogP contribution in [0.15, 0.2) is 48.6 Å². The first-order chi connectivity index (χ1) is 23.4. The molecule has 0 radical (unpaired) electrons. The molecular formula is C35H43N7O7. The van der Waals surface area contributed by atoms with Crippen molar-refractivity contribution in [1.82, 2.24) is 35.7 Å². The Morgan fingerprint density at radius 3 is 2.59 bits per heavy atom. The smallest absolute Gasteiger partial charge is 0.408 e. The van der Waals surface area contributed by atoms with E-state index >= 15 is 0 Å². The summed E-state index contributed by atoms with van der Waals surface area (Å²) in [6.45, 7) is 5.26. The fourth-order valence-corrected chi connectivity index (χ4v) is 6.83. The van der Waals surface area contributed by atoms with Crippen LogP contribution in [-0.4, -0.2) is 91.0 Å². The molecule has 2 fully saturated rings. The van der Waals surface area contributed by atoms with Gasteiger partial charge in [0.2, 0.25) is 17.6 Å². The monoisotopic (exact) mass is 673 g/mol. The van der Waals surface area contributed by atoms with Crippen LogP contribution in [0.2, 0.25) is 0 Å². The van der Waals surface area contributed by atoms with Crippen molar-refractivity contribution < 1.29 is 33.8 Å². The van der Waals surface area contributed by atoms with Gasteiger partial charge in [-0.2, -0.15) is 4.80 Å². The van der Waals surface area contributed by atoms with E-state index in [4.69, 9.17) is 9.47 Å². The average molecular weight is 674 g/mol. The second-order valence-corrected chi connectivity index (χ2v) is 14.0. The summed E-state index contributed by atoms with van der Waals surface area (Å²) in [5.74, 6) is -1.44. The van der Waals surface area contributed by atoms with Gasteiger partial charge in [0.15, 0.2) is 0 Å². The molecule has 5 atom stereocenters. The molecule has 2 aromatic carbocycles. The molecule has 3 amide bonds. The van der Waals surface area contributed by atoms with Crippen molar-refractivity contribution in [3.05, 3.63) is 48.6 Å². The van der Waals surface area contributed by atoms with Crippen LogP contribution in [0.3, 0.4) is 0 Å². The summed E-state index contributed by atoms with van der Waals surface area (Å²) in [7, 11) is 1.61. The quantitative estimate of drug-likeness (QED) is 0.335. The Balaban J connectivity index is 1.32. The third-order valence-electron chi connectivity index (χ3n) is 9.43. The summed E-state index contributed by atoms with van der Waals surface area (Å²) in [4.78, 5) is 56.4. The number of amides is 3. The standard InChI is InChI=1S/C35H43N7O7/c1-34(2,3)49-33(47)36-26-15-9-7-5-6-8-12-21-19-35(21,32(45)46)37-30(43)27-18-22(20-41(27)31(26)44)42-39-29(38-40-42)25-16-17-28(48-4)24-14-11-10-13-23(24)25/h8,10-14,16-17,21-22,26-27H,5-7,9,15,18-20H2,1-4H3,(H,36,47)(H,37,43)(H,45,46)/b12-8-/t21-,22?,26-,27+,35+/m1/s1. The molecule has 1 aliphatic carbocycles. The maximum atomic E-state index is 14.3. The average Bonchev–Trinajstić information content (AvgIpc) is 3.36. The van der Waals surface area contributed by atoms with E-state index in [1.807, 2.05) is 48.6 Å². The molecule has 3 aromatic rings. The number of benzene rings is 2. The molecule has 3 heterocycles. The van der Waals surface area contributed by atoms with E-state index in [-0.39, 0.29) is 25.3 Å². The number of carbonyl (C=O) groups excluding carboxylic acids is 3. The molecule has 1 unspecified atom stereocenters. The first-order valence-electron chi connectivity index (χ1n) is 16.8. The molecule has 14 heteroatoms. The fraction of sp³-hybridized carbons (Fsp3) is 0.514. The lowest BCUT2D eigenvalue weighted by Crippen LogP contribution is -2.56. The Hall–Kier alpha value is -5.01. The van der Waals surface area contributed by atoms with Gasteiger partial charge in [0, 0.05) is 29.8 Å². The second kappa shape index (κ2) is 13.5. The lowest BCUT2D eigenvalue weighted by molar-refractivity contribution is -0.145. The Labute approximate surface area is 284 Å². The lowest BCUT2D eigenvalue weighted by Gasteiger charge is -2.30. The van der Waals surface area contributed by atoms with Gasteiger partial charge in [-0.3, -0.25) is 9.59 Å². The zero-order valence-corrected chi connectivity index (χ0v) is 28.2. The van der Waals surface area contributed by atoms with Crippen molar-refractivity contribution in [3.63, 3.8) is 0 Å². The van der Waals surface area contributed by atoms with Crippen LogP contribution in [0.4, 0.5) is 4.79 Å².